The van der Waals surface area contributed by atoms with E-state index in [0.29, 0.717) is 34.5 Å². The van der Waals surface area contributed by atoms with Crippen molar-refractivity contribution >= 4 is 16.7 Å². The summed E-state index contributed by atoms with van der Waals surface area (Å²) in [6.07, 6.45) is 7.88. The number of nitrogens with zero attached hydrogens (tertiary/aromatic N) is 5. The molecular weight excluding hydrogens is 433 g/mol. The van der Waals surface area contributed by atoms with E-state index in [1.54, 1.807) is 12.4 Å². The van der Waals surface area contributed by atoms with Crippen LogP contribution in [0.3, 0.4) is 0 Å². The van der Waals surface area contributed by atoms with Gasteiger partial charge in [0.1, 0.15) is 23.6 Å². The van der Waals surface area contributed by atoms with Crippen molar-refractivity contribution in [3.8, 4) is 11.1 Å². The summed E-state index contributed by atoms with van der Waals surface area (Å²) >= 11 is 0. The van der Waals surface area contributed by atoms with Gasteiger partial charge in [-0.05, 0) is 57.5 Å². The molecule has 0 saturated carbocycles. The number of halogens is 1. The molecule has 1 fully saturated rings. The molecule has 0 N–H and O–H groups in total. The van der Waals surface area contributed by atoms with Crippen LogP contribution in [0.5, 0.6) is 0 Å². The fraction of sp³-hybridized carbons (Fsp3) is 0.346. The molecule has 5 rings (SSSR count). The van der Waals surface area contributed by atoms with Gasteiger partial charge in [0, 0.05) is 35.3 Å². The number of oxazole rings is 1. The molecule has 0 aliphatic carbocycles. The third kappa shape index (κ3) is 4.72. The molecule has 0 amide bonds. The number of carbonyl (C=O) groups excluding carboxylic acids is 1. The number of fused-ring (bicyclic) bond motifs is 1. The van der Waals surface area contributed by atoms with Gasteiger partial charge in [0.05, 0.1) is 18.1 Å². The highest BCUT2D eigenvalue weighted by Crippen LogP contribution is 2.28. The van der Waals surface area contributed by atoms with Crippen molar-refractivity contribution in [2.45, 2.75) is 45.1 Å². The first-order valence-electron chi connectivity index (χ1n) is 11.6. The maximum absolute atomic E-state index is 13.6. The number of hydrogen-bond acceptors (Lipinski definition) is 7. The number of Topliss-reactive ketones (excluding diaryl/α,β-unsaturated/α-hetero) is 1. The van der Waals surface area contributed by atoms with Gasteiger partial charge in [-0.3, -0.25) is 9.78 Å². The van der Waals surface area contributed by atoms with E-state index in [4.69, 9.17) is 4.42 Å². The van der Waals surface area contributed by atoms with Crippen molar-refractivity contribution in [2.75, 3.05) is 13.1 Å². The van der Waals surface area contributed by atoms with Crippen LogP contribution < -0.4 is 0 Å². The zero-order chi connectivity index (χ0) is 23.7. The van der Waals surface area contributed by atoms with Crippen LogP contribution in [-0.4, -0.2) is 49.8 Å². The second-order valence-electron chi connectivity index (χ2n) is 9.03. The summed E-state index contributed by atoms with van der Waals surface area (Å²) in [7, 11) is 0. The Morgan fingerprint density at radius 3 is 2.71 bits per heavy atom. The lowest BCUT2D eigenvalue weighted by molar-refractivity contribution is 0.0986. The van der Waals surface area contributed by atoms with E-state index in [1.165, 1.54) is 18.5 Å². The minimum atomic E-state index is -0.399. The zero-order valence-corrected chi connectivity index (χ0v) is 19.2. The fourth-order valence-corrected chi connectivity index (χ4v) is 4.40. The minimum absolute atomic E-state index is 0.0272. The van der Waals surface area contributed by atoms with Crippen LogP contribution in [-0.2, 0) is 6.42 Å². The molecular formula is C26H26FN5O2. The highest BCUT2D eigenvalue weighted by atomic mass is 19.1. The molecule has 34 heavy (non-hydrogen) atoms. The van der Waals surface area contributed by atoms with Gasteiger partial charge in [0.15, 0.2) is 11.7 Å². The Morgan fingerprint density at radius 1 is 1.12 bits per heavy atom. The molecule has 4 aromatic rings. The Balaban J connectivity index is 1.30. The van der Waals surface area contributed by atoms with Crippen LogP contribution in [0.25, 0.3) is 22.0 Å². The van der Waals surface area contributed by atoms with Gasteiger partial charge in [0.25, 0.3) is 0 Å². The molecule has 8 heteroatoms. The third-order valence-electron chi connectivity index (χ3n) is 6.41. The van der Waals surface area contributed by atoms with E-state index in [9.17, 15) is 9.18 Å². The topological polar surface area (TPSA) is 85.0 Å². The first-order chi connectivity index (χ1) is 16.5. The third-order valence-corrected chi connectivity index (χ3v) is 6.41. The summed E-state index contributed by atoms with van der Waals surface area (Å²) in [5.41, 5.74) is 2.44. The van der Waals surface area contributed by atoms with Crippen molar-refractivity contribution < 1.29 is 13.6 Å². The highest BCUT2D eigenvalue weighted by molar-refractivity contribution is 5.95. The lowest BCUT2D eigenvalue weighted by Gasteiger charge is -2.33. The number of benzene rings is 1. The largest absolute Gasteiger partial charge is 0.448 e. The molecule has 4 heterocycles. The Hall–Kier alpha value is -3.52. The number of ketones is 1. The average Bonchev–Trinajstić information content (AvgIpc) is 3.34. The average molecular weight is 460 g/mol. The molecule has 174 valence electrons. The van der Waals surface area contributed by atoms with Crippen LogP contribution in [0.2, 0.25) is 0 Å². The summed E-state index contributed by atoms with van der Waals surface area (Å²) in [6, 6.07) is 7.55. The molecule has 1 aliphatic heterocycles. The molecule has 1 saturated heterocycles. The number of rotatable bonds is 6. The maximum atomic E-state index is 13.6. The van der Waals surface area contributed by atoms with Crippen LogP contribution in [0.4, 0.5) is 4.39 Å². The van der Waals surface area contributed by atoms with Crippen molar-refractivity contribution in [1.82, 2.24) is 24.8 Å². The first kappa shape index (κ1) is 22.3. The fourth-order valence-electron chi connectivity index (χ4n) is 4.40. The van der Waals surface area contributed by atoms with Gasteiger partial charge < -0.3 is 9.32 Å². The van der Waals surface area contributed by atoms with E-state index in [1.807, 2.05) is 18.2 Å². The minimum Gasteiger partial charge on any atom is -0.448 e. The molecule has 0 spiro atoms. The predicted octanol–water partition coefficient (Wildman–Crippen LogP) is 4.83. The zero-order valence-electron chi connectivity index (χ0n) is 19.2. The molecule has 1 aliphatic rings. The second-order valence-corrected chi connectivity index (χ2v) is 9.03. The monoisotopic (exact) mass is 459 g/mol. The molecule has 0 bridgehead atoms. The maximum Gasteiger partial charge on any atom is 0.197 e. The van der Waals surface area contributed by atoms with E-state index < -0.39 is 5.82 Å². The molecule has 1 aromatic carbocycles. The Morgan fingerprint density at radius 2 is 1.94 bits per heavy atom. The number of likely N-dealkylation sites (tertiary alicyclic amines) is 1. The SMILES string of the molecule is CC(C)N1CCC(c2nc(C(=O)Cc3ncc4ccc(-c5cncc(F)c5)cc4n3)co2)CC1. The molecule has 0 atom stereocenters. The van der Waals surface area contributed by atoms with E-state index >= 15 is 0 Å². The van der Waals surface area contributed by atoms with Gasteiger partial charge >= 0.3 is 0 Å². The van der Waals surface area contributed by atoms with Gasteiger partial charge in [-0.15, -0.1) is 0 Å². The summed E-state index contributed by atoms with van der Waals surface area (Å²) in [5, 5.41) is 0.834. The smallest absolute Gasteiger partial charge is 0.197 e. The van der Waals surface area contributed by atoms with Crippen molar-refractivity contribution in [3.63, 3.8) is 0 Å². The second kappa shape index (κ2) is 9.38. The Bertz CT molecular complexity index is 1330. The highest BCUT2D eigenvalue weighted by Gasteiger charge is 2.26. The number of piperidine rings is 1. The predicted molar refractivity (Wildman–Crippen MR) is 126 cm³/mol. The molecule has 0 radical (unpaired) electrons. The molecule has 7 nitrogen and oxygen atoms in total. The van der Waals surface area contributed by atoms with Gasteiger partial charge in [0.2, 0.25) is 0 Å². The Kier molecular flexibility index (Phi) is 6.15. The normalized spacial score (nSPS) is 15.3. The molecule has 3 aromatic heterocycles. The van der Waals surface area contributed by atoms with Crippen LogP contribution in [0.15, 0.2) is 53.5 Å². The van der Waals surface area contributed by atoms with Crippen molar-refractivity contribution in [2.24, 2.45) is 0 Å². The van der Waals surface area contributed by atoms with Gasteiger partial charge in [-0.1, -0.05) is 12.1 Å². The number of carbonyl (C=O) groups is 1. The number of aromatic nitrogens is 4. The Labute approximate surface area is 197 Å². The molecule has 0 unspecified atom stereocenters. The lowest BCUT2D eigenvalue weighted by Crippen LogP contribution is -2.37. The van der Waals surface area contributed by atoms with Crippen molar-refractivity contribution in [3.05, 3.63) is 72.3 Å². The summed E-state index contributed by atoms with van der Waals surface area (Å²) in [6.45, 7) is 6.42. The van der Waals surface area contributed by atoms with E-state index in [0.717, 1.165) is 36.9 Å². The van der Waals surface area contributed by atoms with E-state index in [-0.39, 0.29) is 18.1 Å². The number of hydrogen-bond donors (Lipinski definition) is 0. The summed E-state index contributed by atoms with van der Waals surface area (Å²) in [5.74, 6) is 0.703. The van der Waals surface area contributed by atoms with Gasteiger partial charge in [-0.2, -0.15) is 0 Å². The number of pyridine rings is 1. The first-order valence-corrected chi connectivity index (χ1v) is 11.6. The quantitative estimate of drug-likeness (QED) is 0.382. The van der Waals surface area contributed by atoms with Gasteiger partial charge in [-0.25, -0.2) is 19.3 Å². The standard InChI is InChI=1S/C26H26FN5O2/c1-16(2)32-7-5-17(6-8-32)26-31-23(15-34-26)24(33)11-25-29-13-19-4-3-18(10-22(19)30-25)20-9-21(27)14-28-12-20/h3-4,9-10,12-17H,5-8,11H2,1-2H3. The van der Waals surface area contributed by atoms with E-state index in [2.05, 4.69) is 38.7 Å². The van der Waals surface area contributed by atoms with Crippen LogP contribution in [0, 0.1) is 5.82 Å². The lowest BCUT2D eigenvalue weighted by atomic mass is 9.96. The summed E-state index contributed by atoms with van der Waals surface area (Å²) in [4.78, 5) is 32.6. The van der Waals surface area contributed by atoms with Crippen molar-refractivity contribution in [1.29, 1.82) is 0 Å². The summed E-state index contributed by atoms with van der Waals surface area (Å²) < 4.78 is 19.2. The van der Waals surface area contributed by atoms with Crippen LogP contribution >= 0.6 is 0 Å². The van der Waals surface area contributed by atoms with Crippen LogP contribution in [0.1, 0.15) is 54.8 Å².